The molecule has 2 aliphatic rings. The van der Waals surface area contributed by atoms with Crippen molar-refractivity contribution in [2.75, 3.05) is 0 Å². The normalized spacial score (nSPS) is 30.2. The molecule has 3 heteroatoms. The Kier molecular flexibility index (Phi) is 2.13. The average Bonchev–Trinajstić information content (AvgIpc) is 3.32. The first-order valence-corrected chi connectivity index (χ1v) is 7.21. The number of aliphatic hydroxyl groups excluding tert-OH is 2. The molecule has 0 saturated carbocycles. The number of aliphatic hydroxyl groups is 2. The van der Waals surface area contributed by atoms with Gasteiger partial charge in [0, 0.05) is 0 Å². The van der Waals surface area contributed by atoms with E-state index in [0.29, 0.717) is 0 Å². The van der Waals surface area contributed by atoms with E-state index in [4.69, 9.17) is 4.74 Å². The lowest BCUT2D eigenvalue weighted by Gasteiger charge is -2.25. The van der Waals surface area contributed by atoms with Crippen molar-refractivity contribution >= 4 is 21.5 Å². The zero-order valence-corrected chi connectivity index (χ0v) is 11.2. The summed E-state index contributed by atoms with van der Waals surface area (Å²) in [4.78, 5) is 0. The molecule has 104 valence electrons. The fourth-order valence-electron chi connectivity index (χ4n) is 3.69. The third-order valence-corrected chi connectivity index (χ3v) is 4.77. The number of benzene rings is 3. The minimum atomic E-state index is -0.868. The van der Waals surface area contributed by atoms with Crippen molar-refractivity contribution in [3.05, 3.63) is 59.7 Å². The molecule has 4 atom stereocenters. The summed E-state index contributed by atoms with van der Waals surface area (Å²) in [6.07, 6.45) is -2.05. The van der Waals surface area contributed by atoms with Gasteiger partial charge in [-0.25, -0.2) is 0 Å². The highest BCUT2D eigenvalue weighted by atomic mass is 16.6. The lowest BCUT2D eigenvalue weighted by Crippen LogP contribution is -2.29. The molecule has 5 rings (SSSR count). The van der Waals surface area contributed by atoms with Crippen LogP contribution in [0.25, 0.3) is 21.5 Å². The maximum absolute atomic E-state index is 10.3. The largest absolute Gasteiger partial charge is 0.387 e. The van der Waals surface area contributed by atoms with E-state index in [2.05, 4.69) is 24.3 Å². The Bertz CT molecular complexity index is 886. The number of epoxide rings is 1. The maximum Gasteiger partial charge on any atom is 0.118 e. The summed E-state index contributed by atoms with van der Waals surface area (Å²) in [6.45, 7) is 0. The number of fused-ring (bicyclic) bond motifs is 7. The second-order valence-corrected chi connectivity index (χ2v) is 5.91. The van der Waals surface area contributed by atoms with Crippen molar-refractivity contribution in [1.29, 1.82) is 0 Å². The predicted octanol–water partition coefficient (Wildman–Crippen LogP) is 2.84. The molecule has 1 aliphatic carbocycles. The molecule has 2 unspecified atom stereocenters. The van der Waals surface area contributed by atoms with Crippen LogP contribution in [-0.4, -0.2) is 22.4 Å². The van der Waals surface area contributed by atoms with Crippen LogP contribution in [0, 0.1) is 0 Å². The van der Waals surface area contributed by atoms with E-state index in [9.17, 15) is 10.2 Å². The zero-order valence-electron chi connectivity index (χ0n) is 11.2. The van der Waals surface area contributed by atoms with Crippen LogP contribution in [0.5, 0.6) is 0 Å². The Morgan fingerprint density at radius 2 is 1.62 bits per heavy atom. The van der Waals surface area contributed by atoms with E-state index in [0.717, 1.165) is 21.9 Å². The number of hydrogen-bond acceptors (Lipinski definition) is 3. The lowest BCUT2D eigenvalue weighted by molar-refractivity contribution is 0.000109. The zero-order chi connectivity index (χ0) is 14.1. The highest BCUT2D eigenvalue weighted by Crippen LogP contribution is 2.53. The molecular weight excluding hydrogens is 264 g/mol. The molecule has 0 aromatic heterocycles. The average molecular weight is 278 g/mol. The summed E-state index contributed by atoms with van der Waals surface area (Å²) in [6, 6.07) is 16.4. The van der Waals surface area contributed by atoms with E-state index in [1.807, 2.05) is 24.3 Å². The van der Waals surface area contributed by atoms with Gasteiger partial charge in [0.15, 0.2) is 0 Å². The number of hydrogen-bond donors (Lipinski definition) is 2. The van der Waals surface area contributed by atoms with Gasteiger partial charge in [-0.3, -0.25) is 0 Å². The Morgan fingerprint density at radius 3 is 2.52 bits per heavy atom. The van der Waals surface area contributed by atoms with Crippen molar-refractivity contribution in [3.63, 3.8) is 0 Å². The predicted molar refractivity (Wildman–Crippen MR) is 80.0 cm³/mol. The van der Waals surface area contributed by atoms with Crippen molar-refractivity contribution in [2.24, 2.45) is 0 Å². The Morgan fingerprint density at radius 1 is 0.857 bits per heavy atom. The standard InChI is InChI=1S/C18H14O3/c19-15-12-8-7-10-6-5-9-3-1-2-4-11(9)13(10)14(12)17-18(21-17)16(15)20/h1-8,15-20H/t15?,16-,17?,18-/m0/s1. The molecular formula is C18H14O3. The van der Waals surface area contributed by atoms with Gasteiger partial charge < -0.3 is 14.9 Å². The monoisotopic (exact) mass is 278 g/mol. The quantitative estimate of drug-likeness (QED) is 0.491. The summed E-state index contributed by atoms with van der Waals surface area (Å²) < 4.78 is 5.63. The summed E-state index contributed by atoms with van der Waals surface area (Å²) >= 11 is 0. The first-order chi connectivity index (χ1) is 10.3. The Balaban J connectivity index is 1.95. The highest BCUT2D eigenvalue weighted by Gasteiger charge is 2.54. The molecule has 21 heavy (non-hydrogen) atoms. The molecule has 1 saturated heterocycles. The van der Waals surface area contributed by atoms with Gasteiger partial charge in [0.2, 0.25) is 0 Å². The van der Waals surface area contributed by atoms with Gasteiger partial charge in [0.05, 0.1) is 0 Å². The fraction of sp³-hybridized carbons (Fsp3) is 0.222. The van der Waals surface area contributed by atoms with Gasteiger partial charge in [-0.15, -0.1) is 0 Å². The van der Waals surface area contributed by atoms with Gasteiger partial charge in [-0.2, -0.15) is 0 Å². The molecule has 3 aromatic rings. The summed E-state index contributed by atoms with van der Waals surface area (Å²) in [5.41, 5.74) is 1.84. The van der Waals surface area contributed by atoms with Crippen molar-refractivity contribution < 1.29 is 14.9 Å². The molecule has 0 bridgehead atoms. The van der Waals surface area contributed by atoms with E-state index >= 15 is 0 Å². The van der Waals surface area contributed by atoms with Crippen molar-refractivity contribution in [2.45, 2.75) is 24.4 Å². The third kappa shape index (κ3) is 1.43. The van der Waals surface area contributed by atoms with E-state index < -0.39 is 12.2 Å². The topological polar surface area (TPSA) is 53.0 Å². The van der Waals surface area contributed by atoms with Crippen LogP contribution in [0.4, 0.5) is 0 Å². The Labute approximate surface area is 121 Å². The summed E-state index contributed by atoms with van der Waals surface area (Å²) in [5, 5.41) is 25.0. The smallest absolute Gasteiger partial charge is 0.118 e. The molecule has 0 spiro atoms. The molecule has 0 radical (unpaired) electrons. The molecule has 3 nitrogen and oxygen atoms in total. The van der Waals surface area contributed by atoms with Gasteiger partial charge >= 0.3 is 0 Å². The highest BCUT2D eigenvalue weighted by molar-refractivity contribution is 6.10. The second-order valence-electron chi connectivity index (χ2n) is 5.91. The molecule has 2 N–H and O–H groups in total. The SMILES string of the molecule is OC1c2ccc3ccc4ccccc4c3c2C2O[C@H]2[C@H]1O. The van der Waals surface area contributed by atoms with Crippen LogP contribution in [0.2, 0.25) is 0 Å². The molecule has 1 heterocycles. The lowest BCUT2D eigenvalue weighted by atomic mass is 9.83. The van der Waals surface area contributed by atoms with Gasteiger partial charge in [0.25, 0.3) is 0 Å². The molecule has 1 aliphatic heterocycles. The minimum Gasteiger partial charge on any atom is -0.387 e. The maximum atomic E-state index is 10.3. The second kappa shape index (κ2) is 3.83. The molecule has 1 fully saturated rings. The van der Waals surface area contributed by atoms with Crippen molar-refractivity contribution in [1.82, 2.24) is 0 Å². The number of ether oxygens (including phenoxy) is 1. The third-order valence-electron chi connectivity index (χ3n) is 4.77. The van der Waals surface area contributed by atoms with E-state index in [1.54, 1.807) is 0 Å². The molecule has 0 amide bonds. The van der Waals surface area contributed by atoms with Crippen molar-refractivity contribution in [3.8, 4) is 0 Å². The minimum absolute atomic E-state index is 0.0899. The van der Waals surface area contributed by atoms with Crippen LogP contribution in [-0.2, 0) is 4.74 Å². The summed E-state index contributed by atoms with van der Waals surface area (Å²) in [7, 11) is 0. The van der Waals surface area contributed by atoms with E-state index in [1.165, 1.54) is 10.8 Å². The van der Waals surface area contributed by atoms with E-state index in [-0.39, 0.29) is 12.2 Å². The van der Waals surface area contributed by atoms with Crippen LogP contribution >= 0.6 is 0 Å². The van der Waals surface area contributed by atoms with Crippen LogP contribution in [0.3, 0.4) is 0 Å². The summed E-state index contributed by atoms with van der Waals surface area (Å²) in [5.74, 6) is 0. The van der Waals surface area contributed by atoms with Crippen LogP contribution < -0.4 is 0 Å². The van der Waals surface area contributed by atoms with Gasteiger partial charge in [-0.1, -0.05) is 48.5 Å². The fourth-order valence-corrected chi connectivity index (χ4v) is 3.69. The Hall–Kier alpha value is -1.94. The number of rotatable bonds is 0. The van der Waals surface area contributed by atoms with Gasteiger partial charge in [-0.05, 0) is 32.7 Å². The van der Waals surface area contributed by atoms with Crippen LogP contribution in [0.15, 0.2) is 48.5 Å². The van der Waals surface area contributed by atoms with Gasteiger partial charge in [0.1, 0.15) is 24.4 Å². The first-order valence-electron chi connectivity index (χ1n) is 7.21. The molecule has 3 aromatic carbocycles. The first kappa shape index (κ1) is 11.7. The van der Waals surface area contributed by atoms with Crippen LogP contribution in [0.1, 0.15) is 23.3 Å².